The molecule has 2 aliphatic rings. The van der Waals surface area contributed by atoms with E-state index < -0.39 is 0 Å². The average molecular weight is 467 g/mol. The minimum atomic E-state index is 0. The van der Waals surface area contributed by atoms with Crippen LogP contribution < -0.4 is 10.6 Å². The molecule has 2 N–H and O–H groups in total. The number of nitrogens with one attached hydrogen (secondary N) is 2. The van der Waals surface area contributed by atoms with E-state index in [0.29, 0.717) is 6.04 Å². The Bertz CT molecular complexity index is 376. The van der Waals surface area contributed by atoms with E-state index in [1.54, 1.807) is 0 Å². The number of hydrogen-bond acceptors (Lipinski definition) is 4. The van der Waals surface area contributed by atoms with Crippen LogP contribution in [0.1, 0.15) is 40.0 Å². The molecule has 2 fully saturated rings. The van der Waals surface area contributed by atoms with E-state index >= 15 is 0 Å². The van der Waals surface area contributed by atoms with E-state index in [1.165, 1.54) is 25.8 Å². The van der Waals surface area contributed by atoms with Gasteiger partial charge in [-0.3, -0.25) is 14.8 Å². The lowest BCUT2D eigenvalue weighted by atomic mass is 10.0. The molecule has 6 nitrogen and oxygen atoms in total. The van der Waals surface area contributed by atoms with Crippen LogP contribution in [0.5, 0.6) is 0 Å². The average Bonchev–Trinajstić information content (AvgIpc) is 2.61. The lowest BCUT2D eigenvalue weighted by Crippen LogP contribution is -2.46. The predicted octanol–water partition coefficient (Wildman–Crippen LogP) is 1.75. The Labute approximate surface area is 171 Å². The Hall–Kier alpha value is -0.120. The zero-order valence-corrected chi connectivity index (χ0v) is 18.6. The van der Waals surface area contributed by atoms with E-state index in [0.717, 1.165) is 64.5 Å². The monoisotopic (exact) mass is 467 g/mol. The van der Waals surface area contributed by atoms with Crippen LogP contribution in [0.2, 0.25) is 0 Å². The quantitative estimate of drug-likeness (QED) is 0.340. The molecular weight excluding hydrogens is 429 g/mol. The van der Waals surface area contributed by atoms with Crippen molar-refractivity contribution < 1.29 is 4.74 Å². The van der Waals surface area contributed by atoms with Crippen molar-refractivity contribution in [2.75, 3.05) is 59.0 Å². The van der Waals surface area contributed by atoms with E-state index in [1.807, 2.05) is 0 Å². The maximum atomic E-state index is 5.43. The summed E-state index contributed by atoms with van der Waals surface area (Å²) in [4.78, 5) is 9.84. The van der Waals surface area contributed by atoms with Crippen molar-refractivity contribution in [1.29, 1.82) is 0 Å². The molecule has 0 bridgehead atoms. The Morgan fingerprint density at radius 3 is 2.64 bits per heavy atom. The SMILES string of the molecule is CCNC(=NCC(C)N1CCOCC1)NCCN1CCCCC1C.I. The fourth-order valence-corrected chi connectivity index (χ4v) is 3.51. The first kappa shape index (κ1) is 22.9. The Morgan fingerprint density at radius 1 is 1.20 bits per heavy atom. The summed E-state index contributed by atoms with van der Waals surface area (Å²) in [5.74, 6) is 0.947. The van der Waals surface area contributed by atoms with Crippen LogP contribution in [0, 0.1) is 0 Å². The number of halogens is 1. The first-order valence-corrected chi connectivity index (χ1v) is 9.78. The fourth-order valence-electron chi connectivity index (χ4n) is 3.51. The van der Waals surface area contributed by atoms with Crippen LogP contribution in [0.15, 0.2) is 4.99 Å². The van der Waals surface area contributed by atoms with Gasteiger partial charge in [0, 0.05) is 44.8 Å². The number of piperidine rings is 1. The second-order valence-electron chi connectivity index (χ2n) is 7.02. The lowest BCUT2D eigenvalue weighted by molar-refractivity contribution is 0.0220. The summed E-state index contributed by atoms with van der Waals surface area (Å²) in [6, 6.07) is 1.19. The second-order valence-corrected chi connectivity index (χ2v) is 7.02. The fraction of sp³-hybridized carbons (Fsp3) is 0.944. The van der Waals surface area contributed by atoms with Gasteiger partial charge in [-0.15, -0.1) is 24.0 Å². The van der Waals surface area contributed by atoms with Crippen LogP contribution in [0.4, 0.5) is 0 Å². The molecule has 0 aliphatic carbocycles. The number of morpholine rings is 1. The first-order chi connectivity index (χ1) is 11.7. The zero-order valence-electron chi connectivity index (χ0n) is 16.3. The minimum absolute atomic E-state index is 0. The van der Waals surface area contributed by atoms with Gasteiger partial charge in [-0.25, -0.2) is 0 Å². The maximum absolute atomic E-state index is 5.43. The molecule has 0 saturated carbocycles. The molecule has 0 amide bonds. The lowest BCUT2D eigenvalue weighted by Gasteiger charge is -2.33. The summed E-state index contributed by atoms with van der Waals surface area (Å²) in [6.07, 6.45) is 4.06. The minimum Gasteiger partial charge on any atom is -0.379 e. The molecule has 0 aromatic heterocycles. The third-order valence-corrected chi connectivity index (χ3v) is 5.16. The molecule has 2 rings (SSSR count). The zero-order chi connectivity index (χ0) is 17.2. The maximum Gasteiger partial charge on any atom is 0.191 e. The molecule has 25 heavy (non-hydrogen) atoms. The summed E-state index contributed by atoms with van der Waals surface area (Å²) in [5.41, 5.74) is 0. The number of nitrogens with zero attached hydrogens (tertiary/aromatic N) is 3. The van der Waals surface area contributed by atoms with E-state index in [9.17, 15) is 0 Å². The highest BCUT2D eigenvalue weighted by Crippen LogP contribution is 2.15. The topological polar surface area (TPSA) is 52.1 Å². The summed E-state index contributed by atoms with van der Waals surface area (Å²) >= 11 is 0. The molecular formula is C18H38IN5O. The predicted molar refractivity (Wildman–Crippen MR) is 116 cm³/mol. The molecule has 0 aromatic rings. The van der Waals surface area contributed by atoms with Crippen LogP contribution >= 0.6 is 24.0 Å². The molecule has 2 atom stereocenters. The van der Waals surface area contributed by atoms with Gasteiger partial charge in [0.05, 0.1) is 19.8 Å². The third kappa shape index (κ3) is 8.41. The largest absolute Gasteiger partial charge is 0.379 e. The van der Waals surface area contributed by atoms with Gasteiger partial charge in [-0.2, -0.15) is 0 Å². The molecule has 0 aromatic carbocycles. The van der Waals surface area contributed by atoms with Crippen LogP contribution in [0.25, 0.3) is 0 Å². The molecule has 2 aliphatic heterocycles. The van der Waals surface area contributed by atoms with Crippen molar-refractivity contribution in [3.63, 3.8) is 0 Å². The summed E-state index contributed by atoms with van der Waals surface area (Å²) in [5, 5.41) is 6.87. The number of aliphatic imine (C=N–C) groups is 1. The Kier molecular flexibility index (Phi) is 12.0. The summed E-state index contributed by atoms with van der Waals surface area (Å²) < 4.78 is 5.43. The number of ether oxygens (including phenoxy) is 1. The van der Waals surface area contributed by atoms with Gasteiger partial charge in [0.15, 0.2) is 5.96 Å². The Balaban J connectivity index is 0.00000312. The van der Waals surface area contributed by atoms with Crippen molar-refractivity contribution in [2.24, 2.45) is 4.99 Å². The van der Waals surface area contributed by atoms with Gasteiger partial charge >= 0.3 is 0 Å². The number of rotatable bonds is 7. The van der Waals surface area contributed by atoms with E-state index in [4.69, 9.17) is 9.73 Å². The number of guanidine groups is 1. The molecule has 2 unspecified atom stereocenters. The molecule has 7 heteroatoms. The van der Waals surface area contributed by atoms with Crippen molar-refractivity contribution >= 4 is 29.9 Å². The first-order valence-electron chi connectivity index (χ1n) is 9.78. The smallest absolute Gasteiger partial charge is 0.191 e. The van der Waals surface area contributed by atoms with Crippen molar-refractivity contribution in [2.45, 2.75) is 52.1 Å². The van der Waals surface area contributed by atoms with Gasteiger partial charge in [-0.1, -0.05) is 6.42 Å². The third-order valence-electron chi connectivity index (χ3n) is 5.16. The highest BCUT2D eigenvalue weighted by Gasteiger charge is 2.18. The van der Waals surface area contributed by atoms with Crippen LogP contribution in [0.3, 0.4) is 0 Å². The molecule has 2 heterocycles. The van der Waals surface area contributed by atoms with E-state index in [-0.39, 0.29) is 24.0 Å². The second kappa shape index (κ2) is 13.1. The standard InChI is InChI=1S/C18H37N5O.HI/c1-4-19-18(20-8-10-22-9-6-5-7-16(22)2)21-15-17(3)23-11-13-24-14-12-23;/h16-17H,4-15H2,1-3H3,(H2,19,20,21);1H. The molecule has 0 radical (unpaired) electrons. The molecule has 148 valence electrons. The van der Waals surface area contributed by atoms with Crippen molar-refractivity contribution in [3.8, 4) is 0 Å². The molecule has 0 spiro atoms. The highest BCUT2D eigenvalue weighted by molar-refractivity contribution is 14.0. The van der Waals surface area contributed by atoms with E-state index in [2.05, 4.69) is 41.2 Å². The van der Waals surface area contributed by atoms with Crippen molar-refractivity contribution in [3.05, 3.63) is 0 Å². The van der Waals surface area contributed by atoms with Gasteiger partial charge in [-0.05, 0) is 40.2 Å². The van der Waals surface area contributed by atoms with Crippen molar-refractivity contribution in [1.82, 2.24) is 20.4 Å². The summed E-state index contributed by atoms with van der Waals surface area (Å²) in [6.45, 7) is 15.5. The number of likely N-dealkylation sites (tertiary alicyclic amines) is 1. The summed E-state index contributed by atoms with van der Waals surface area (Å²) in [7, 11) is 0. The Morgan fingerprint density at radius 2 is 1.96 bits per heavy atom. The van der Waals surface area contributed by atoms with Gasteiger partial charge in [0.1, 0.15) is 0 Å². The van der Waals surface area contributed by atoms with Gasteiger partial charge in [0.25, 0.3) is 0 Å². The van der Waals surface area contributed by atoms with Crippen LogP contribution in [-0.2, 0) is 4.74 Å². The number of hydrogen-bond donors (Lipinski definition) is 2. The van der Waals surface area contributed by atoms with Gasteiger partial charge < -0.3 is 15.4 Å². The normalized spacial score (nSPS) is 24.4. The van der Waals surface area contributed by atoms with Gasteiger partial charge in [0.2, 0.25) is 0 Å². The molecule has 2 saturated heterocycles. The highest BCUT2D eigenvalue weighted by atomic mass is 127. The van der Waals surface area contributed by atoms with Crippen LogP contribution in [-0.4, -0.2) is 86.9 Å².